The molecule has 0 radical (unpaired) electrons. The van der Waals surface area contributed by atoms with E-state index in [-0.39, 0.29) is 6.04 Å². The van der Waals surface area contributed by atoms with Crippen LogP contribution < -0.4 is 5.32 Å². The molecule has 0 aliphatic heterocycles. The third kappa shape index (κ3) is 2.87. The maximum Gasteiger partial charge on any atom is 0.101 e. The van der Waals surface area contributed by atoms with Gasteiger partial charge in [0, 0.05) is 15.3 Å². The lowest BCUT2D eigenvalue weighted by molar-refractivity contribution is 0.909. The van der Waals surface area contributed by atoms with Gasteiger partial charge in [-0.2, -0.15) is 5.26 Å². The largest absolute Gasteiger partial charge is 0.378 e. The normalized spacial score (nSPS) is 12.0. The SMILES string of the molecule is CC(Nc1ccc(C#N)c(Cl)c1)c1cc2ccccc2s1. The van der Waals surface area contributed by atoms with Gasteiger partial charge in [-0.05, 0) is 42.6 Å². The maximum atomic E-state index is 8.90. The minimum Gasteiger partial charge on any atom is -0.378 e. The van der Waals surface area contributed by atoms with Crippen molar-refractivity contribution in [3.05, 3.63) is 64.0 Å². The third-order valence-electron chi connectivity index (χ3n) is 3.34. The molecule has 1 heterocycles. The highest BCUT2D eigenvalue weighted by Gasteiger charge is 2.10. The Morgan fingerprint density at radius 2 is 2.00 bits per heavy atom. The summed E-state index contributed by atoms with van der Waals surface area (Å²) in [6.45, 7) is 2.12. The van der Waals surface area contributed by atoms with Crippen LogP contribution in [0.3, 0.4) is 0 Å². The molecule has 1 atom stereocenters. The van der Waals surface area contributed by atoms with Crippen LogP contribution in [-0.4, -0.2) is 0 Å². The van der Waals surface area contributed by atoms with Crippen molar-refractivity contribution in [2.75, 3.05) is 5.32 Å². The fourth-order valence-corrected chi connectivity index (χ4v) is 3.52. The lowest BCUT2D eigenvalue weighted by Crippen LogP contribution is -2.04. The Hall–Kier alpha value is -2.02. The molecule has 0 saturated carbocycles. The van der Waals surface area contributed by atoms with Gasteiger partial charge in [0.15, 0.2) is 0 Å². The molecule has 0 bridgehead atoms. The monoisotopic (exact) mass is 312 g/mol. The van der Waals surface area contributed by atoms with Crippen molar-refractivity contribution in [2.24, 2.45) is 0 Å². The van der Waals surface area contributed by atoms with Gasteiger partial charge in [0.25, 0.3) is 0 Å². The first-order valence-corrected chi connectivity index (χ1v) is 7.81. The van der Waals surface area contributed by atoms with E-state index in [0.29, 0.717) is 10.6 Å². The highest BCUT2D eigenvalue weighted by molar-refractivity contribution is 7.19. The van der Waals surface area contributed by atoms with Gasteiger partial charge < -0.3 is 5.32 Å². The Bertz CT molecular complexity index is 799. The van der Waals surface area contributed by atoms with Crippen molar-refractivity contribution >= 4 is 38.7 Å². The zero-order chi connectivity index (χ0) is 14.8. The molecule has 0 spiro atoms. The molecule has 3 aromatic rings. The maximum absolute atomic E-state index is 8.90. The molecule has 2 nitrogen and oxygen atoms in total. The van der Waals surface area contributed by atoms with Gasteiger partial charge in [-0.15, -0.1) is 11.3 Å². The number of nitrogens with one attached hydrogen (secondary N) is 1. The molecule has 0 saturated heterocycles. The van der Waals surface area contributed by atoms with Crippen molar-refractivity contribution in [3.8, 4) is 6.07 Å². The summed E-state index contributed by atoms with van der Waals surface area (Å²) < 4.78 is 1.29. The van der Waals surface area contributed by atoms with E-state index in [9.17, 15) is 0 Å². The van der Waals surface area contributed by atoms with Crippen LogP contribution in [-0.2, 0) is 0 Å². The minimum absolute atomic E-state index is 0.186. The molecule has 1 N–H and O–H groups in total. The van der Waals surface area contributed by atoms with Crippen LogP contribution in [0.1, 0.15) is 23.4 Å². The smallest absolute Gasteiger partial charge is 0.101 e. The van der Waals surface area contributed by atoms with Gasteiger partial charge in [-0.25, -0.2) is 0 Å². The van der Waals surface area contributed by atoms with Crippen LogP contribution in [0.2, 0.25) is 5.02 Å². The molecular formula is C17H13ClN2S. The van der Waals surface area contributed by atoms with Gasteiger partial charge in [-0.1, -0.05) is 29.8 Å². The van der Waals surface area contributed by atoms with E-state index in [4.69, 9.17) is 16.9 Å². The number of nitriles is 1. The number of nitrogens with zero attached hydrogens (tertiary/aromatic N) is 1. The number of anilines is 1. The van der Waals surface area contributed by atoms with Crippen molar-refractivity contribution < 1.29 is 0 Å². The van der Waals surface area contributed by atoms with Gasteiger partial charge >= 0.3 is 0 Å². The van der Waals surface area contributed by atoms with E-state index in [1.807, 2.05) is 6.07 Å². The van der Waals surface area contributed by atoms with Crippen LogP contribution in [0.4, 0.5) is 5.69 Å². The number of hydrogen-bond donors (Lipinski definition) is 1. The number of halogens is 1. The lowest BCUT2D eigenvalue weighted by atomic mass is 10.2. The summed E-state index contributed by atoms with van der Waals surface area (Å²) in [6, 6.07) is 18.3. The lowest BCUT2D eigenvalue weighted by Gasteiger charge is -2.14. The average molecular weight is 313 g/mol. The standard InChI is InChI=1S/C17H13ClN2S/c1-11(17-8-12-4-2-3-5-16(12)21-17)20-14-7-6-13(10-19)15(18)9-14/h2-9,11,20H,1H3. The number of rotatable bonds is 3. The van der Waals surface area contributed by atoms with E-state index >= 15 is 0 Å². The second-order valence-corrected chi connectivity index (χ2v) is 6.38. The summed E-state index contributed by atoms with van der Waals surface area (Å²) in [5.74, 6) is 0. The number of thiophene rings is 1. The molecule has 0 aliphatic rings. The molecule has 0 aliphatic carbocycles. The van der Waals surface area contributed by atoms with Gasteiger partial charge in [-0.3, -0.25) is 0 Å². The highest BCUT2D eigenvalue weighted by atomic mass is 35.5. The first-order chi connectivity index (χ1) is 10.2. The third-order valence-corrected chi connectivity index (χ3v) is 4.96. The van der Waals surface area contributed by atoms with E-state index in [1.54, 1.807) is 23.5 Å². The summed E-state index contributed by atoms with van der Waals surface area (Å²) in [7, 11) is 0. The number of fused-ring (bicyclic) bond motifs is 1. The second-order valence-electron chi connectivity index (χ2n) is 4.86. The highest BCUT2D eigenvalue weighted by Crippen LogP contribution is 2.32. The predicted octanol–water partition coefficient (Wildman–Crippen LogP) is 5.60. The molecule has 0 amide bonds. The molecule has 1 unspecified atom stereocenters. The van der Waals surface area contributed by atoms with Crippen LogP contribution in [0, 0.1) is 11.3 Å². The fourth-order valence-electron chi connectivity index (χ4n) is 2.23. The topological polar surface area (TPSA) is 35.8 Å². The fraction of sp³-hybridized carbons (Fsp3) is 0.118. The summed E-state index contributed by atoms with van der Waals surface area (Å²) in [4.78, 5) is 1.27. The van der Waals surface area contributed by atoms with Crippen molar-refractivity contribution in [1.82, 2.24) is 0 Å². The molecule has 1 aromatic heterocycles. The van der Waals surface area contributed by atoms with Gasteiger partial charge in [0.05, 0.1) is 16.6 Å². The van der Waals surface area contributed by atoms with Crippen LogP contribution in [0.5, 0.6) is 0 Å². The van der Waals surface area contributed by atoms with Gasteiger partial charge in [0.2, 0.25) is 0 Å². The average Bonchev–Trinajstić information content (AvgIpc) is 2.91. The van der Waals surface area contributed by atoms with Crippen LogP contribution in [0.25, 0.3) is 10.1 Å². The van der Waals surface area contributed by atoms with E-state index in [2.05, 4.69) is 48.6 Å². The van der Waals surface area contributed by atoms with Crippen molar-refractivity contribution in [1.29, 1.82) is 5.26 Å². The molecular weight excluding hydrogens is 300 g/mol. The zero-order valence-corrected chi connectivity index (χ0v) is 13.0. The van der Waals surface area contributed by atoms with E-state index in [0.717, 1.165) is 5.69 Å². The Labute approximate surface area is 132 Å². The summed E-state index contributed by atoms with van der Waals surface area (Å²) in [5, 5.41) is 14.1. The van der Waals surface area contributed by atoms with Crippen molar-refractivity contribution in [2.45, 2.75) is 13.0 Å². The minimum atomic E-state index is 0.186. The first kappa shape index (κ1) is 13.9. The Balaban J connectivity index is 1.84. The van der Waals surface area contributed by atoms with E-state index < -0.39 is 0 Å². The molecule has 4 heteroatoms. The summed E-state index contributed by atoms with van der Waals surface area (Å²) in [5.41, 5.74) is 1.42. The molecule has 0 fully saturated rings. The van der Waals surface area contributed by atoms with Crippen LogP contribution >= 0.6 is 22.9 Å². The summed E-state index contributed by atoms with van der Waals surface area (Å²) in [6.07, 6.45) is 0. The summed E-state index contributed by atoms with van der Waals surface area (Å²) >= 11 is 7.85. The first-order valence-electron chi connectivity index (χ1n) is 6.62. The zero-order valence-electron chi connectivity index (χ0n) is 11.4. The Morgan fingerprint density at radius 3 is 2.71 bits per heavy atom. The van der Waals surface area contributed by atoms with Gasteiger partial charge in [0.1, 0.15) is 6.07 Å². The second kappa shape index (κ2) is 5.77. The Kier molecular flexibility index (Phi) is 3.83. The van der Waals surface area contributed by atoms with Crippen LogP contribution in [0.15, 0.2) is 48.5 Å². The molecule has 2 aromatic carbocycles. The quantitative estimate of drug-likeness (QED) is 0.683. The number of hydrogen-bond acceptors (Lipinski definition) is 3. The van der Waals surface area contributed by atoms with Crippen molar-refractivity contribution in [3.63, 3.8) is 0 Å². The number of benzene rings is 2. The van der Waals surface area contributed by atoms with E-state index in [1.165, 1.54) is 15.0 Å². The molecule has 104 valence electrons. The molecule has 21 heavy (non-hydrogen) atoms. The Morgan fingerprint density at radius 1 is 1.19 bits per heavy atom. The molecule has 3 rings (SSSR count). The predicted molar refractivity (Wildman–Crippen MR) is 90.0 cm³/mol.